The predicted octanol–water partition coefficient (Wildman–Crippen LogP) is 5.00. The lowest BCUT2D eigenvalue weighted by molar-refractivity contribution is -0.117. The van der Waals surface area contributed by atoms with Gasteiger partial charge in [0.05, 0.1) is 11.4 Å². The Labute approximate surface area is 188 Å². The first-order valence-electron chi connectivity index (χ1n) is 11.0. The Morgan fingerprint density at radius 2 is 1.34 bits per heavy atom. The number of nitrogens with one attached hydrogen (secondary N) is 2. The summed E-state index contributed by atoms with van der Waals surface area (Å²) in [5.74, 6) is -0.140. The van der Waals surface area contributed by atoms with Crippen molar-refractivity contribution < 1.29 is 9.59 Å². The number of benzene rings is 3. The molecule has 5 heteroatoms. The third-order valence-corrected chi connectivity index (χ3v) is 5.61. The van der Waals surface area contributed by atoms with Crippen LogP contribution in [0.1, 0.15) is 36.8 Å². The lowest BCUT2D eigenvalue weighted by Gasteiger charge is -2.08. The van der Waals surface area contributed by atoms with Crippen LogP contribution in [0.5, 0.6) is 0 Å². The second-order valence-electron chi connectivity index (χ2n) is 7.89. The molecule has 0 aliphatic heterocycles. The van der Waals surface area contributed by atoms with Crippen LogP contribution in [0.4, 0.5) is 11.4 Å². The minimum atomic E-state index is -0.0937. The van der Waals surface area contributed by atoms with Crippen LogP contribution < -0.4 is 16.4 Å². The van der Waals surface area contributed by atoms with Crippen LogP contribution in [-0.4, -0.2) is 18.4 Å². The van der Waals surface area contributed by atoms with Gasteiger partial charge in [-0.1, -0.05) is 67.1 Å². The zero-order valence-corrected chi connectivity index (χ0v) is 17.9. The summed E-state index contributed by atoms with van der Waals surface area (Å²) in [4.78, 5) is 24.6. The highest BCUT2D eigenvalue weighted by molar-refractivity contribution is 6.08. The highest BCUT2D eigenvalue weighted by Gasteiger charge is 2.22. The molecule has 0 atom stereocenters. The van der Waals surface area contributed by atoms with Crippen LogP contribution in [0, 0.1) is 0 Å². The Balaban J connectivity index is 1.23. The summed E-state index contributed by atoms with van der Waals surface area (Å²) in [5.41, 5.74) is 12.5. The highest BCUT2D eigenvalue weighted by atomic mass is 16.2. The van der Waals surface area contributed by atoms with E-state index in [0.29, 0.717) is 24.3 Å². The van der Waals surface area contributed by atoms with Crippen LogP contribution in [0.2, 0.25) is 0 Å². The maximum absolute atomic E-state index is 12.5. The van der Waals surface area contributed by atoms with E-state index in [9.17, 15) is 9.59 Å². The second kappa shape index (κ2) is 9.96. The summed E-state index contributed by atoms with van der Waals surface area (Å²) in [6.45, 7) is 0.582. The molecule has 0 saturated carbocycles. The molecule has 0 saturated heterocycles. The molecule has 4 rings (SSSR count). The predicted molar refractivity (Wildman–Crippen MR) is 130 cm³/mol. The summed E-state index contributed by atoms with van der Waals surface area (Å²) < 4.78 is 0. The number of rotatable bonds is 8. The standard InChI is InChI=1S/C27H27N3O2/c28-24-14-7-8-15-25(24)30-26(31)16-2-1-9-17-29-27(32)18-23-21-12-5-3-10-19(21)20-11-4-6-13-22(20)23/h3-8,10-15,18H,1-2,9,16-17,28H2,(H,29,32)(H,30,31). The van der Waals surface area contributed by atoms with Gasteiger partial charge in [0.2, 0.25) is 11.8 Å². The lowest BCUT2D eigenvalue weighted by atomic mass is 10.0. The number of unbranched alkanes of at least 4 members (excludes halogenated alkanes) is 2. The van der Waals surface area contributed by atoms with Gasteiger partial charge in [-0.3, -0.25) is 9.59 Å². The number of hydrogen-bond acceptors (Lipinski definition) is 3. The topological polar surface area (TPSA) is 84.2 Å². The molecular formula is C27H27N3O2. The van der Waals surface area contributed by atoms with Crippen LogP contribution in [-0.2, 0) is 9.59 Å². The largest absolute Gasteiger partial charge is 0.397 e. The van der Waals surface area contributed by atoms with Crippen molar-refractivity contribution in [2.45, 2.75) is 25.7 Å². The summed E-state index contributed by atoms with van der Waals surface area (Å²) in [7, 11) is 0. The van der Waals surface area contributed by atoms with E-state index in [2.05, 4.69) is 34.9 Å². The van der Waals surface area contributed by atoms with Gasteiger partial charge in [-0.25, -0.2) is 0 Å². The first-order valence-corrected chi connectivity index (χ1v) is 11.0. The van der Waals surface area contributed by atoms with Crippen molar-refractivity contribution >= 4 is 28.8 Å². The van der Waals surface area contributed by atoms with E-state index >= 15 is 0 Å². The van der Waals surface area contributed by atoms with Crippen LogP contribution in [0.3, 0.4) is 0 Å². The quantitative estimate of drug-likeness (QED) is 0.211. The Morgan fingerprint density at radius 3 is 2.00 bits per heavy atom. The third kappa shape index (κ3) is 4.89. The number of nitrogens with two attached hydrogens (primary N) is 1. The van der Waals surface area contributed by atoms with Gasteiger partial charge in [0.1, 0.15) is 0 Å². The van der Waals surface area contributed by atoms with E-state index in [1.54, 1.807) is 18.2 Å². The van der Waals surface area contributed by atoms with Gasteiger partial charge in [0, 0.05) is 19.0 Å². The zero-order valence-electron chi connectivity index (χ0n) is 17.9. The molecule has 1 aliphatic rings. The molecule has 3 aromatic carbocycles. The number of fused-ring (bicyclic) bond motifs is 3. The van der Waals surface area contributed by atoms with E-state index in [-0.39, 0.29) is 11.8 Å². The molecule has 4 N–H and O–H groups in total. The zero-order chi connectivity index (χ0) is 22.3. The Hall–Kier alpha value is -3.86. The molecule has 32 heavy (non-hydrogen) atoms. The van der Waals surface area contributed by atoms with Gasteiger partial charge in [0.25, 0.3) is 0 Å². The van der Waals surface area contributed by atoms with Crippen LogP contribution >= 0.6 is 0 Å². The van der Waals surface area contributed by atoms with Crippen molar-refractivity contribution in [3.8, 4) is 11.1 Å². The average Bonchev–Trinajstić information content (AvgIpc) is 3.11. The Morgan fingerprint density at radius 1 is 0.750 bits per heavy atom. The molecular weight excluding hydrogens is 398 g/mol. The summed E-state index contributed by atoms with van der Waals surface area (Å²) in [6, 6.07) is 23.6. The van der Waals surface area contributed by atoms with Crippen molar-refractivity contribution in [2.24, 2.45) is 0 Å². The average molecular weight is 426 g/mol. The minimum absolute atomic E-state index is 0.0461. The number of nitrogen functional groups attached to an aromatic ring is 1. The minimum Gasteiger partial charge on any atom is -0.397 e. The van der Waals surface area contributed by atoms with Gasteiger partial charge in [-0.2, -0.15) is 0 Å². The molecule has 1 aliphatic carbocycles. The van der Waals surface area contributed by atoms with Crippen molar-refractivity contribution in [1.82, 2.24) is 5.32 Å². The molecule has 0 bridgehead atoms. The van der Waals surface area contributed by atoms with Crippen molar-refractivity contribution in [3.63, 3.8) is 0 Å². The molecule has 162 valence electrons. The van der Waals surface area contributed by atoms with E-state index < -0.39 is 0 Å². The Bertz CT molecular complexity index is 1120. The smallest absolute Gasteiger partial charge is 0.244 e. The van der Waals surface area contributed by atoms with Crippen molar-refractivity contribution in [2.75, 3.05) is 17.6 Å². The second-order valence-corrected chi connectivity index (χ2v) is 7.89. The van der Waals surface area contributed by atoms with E-state index in [4.69, 9.17) is 5.73 Å². The Kier molecular flexibility index (Phi) is 6.66. The number of anilines is 2. The monoisotopic (exact) mass is 425 g/mol. The van der Waals surface area contributed by atoms with E-state index in [1.807, 2.05) is 36.4 Å². The highest BCUT2D eigenvalue weighted by Crippen LogP contribution is 2.43. The molecule has 0 fully saturated rings. The number of hydrogen-bond donors (Lipinski definition) is 3. The maximum atomic E-state index is 12.5. The van der Waals surface area contributed by atoms with Crippen LogP contribution in [0.25, 0.3) is 16.7 Å². The first-order chi connectivity index (χ1) is 15.6. The fourth-order valence-corrected chi connectivity index (χ4v) is 4.01. The normalized spacial score (nSPS) is 11.4. The number of carbonyl (C=O) groups excluding carboxylic acids is 2. The SMILES string of the molecule is Nc1ccccc1NC(=O)CCCCCNC(=O)C=C1c2ccccc2-c2ccccc21. The van der Waals surface area contributed by atoms with Gasteiger partial charge in [0.15, 0.2) is 0 Å². The van der Waals surface area contributed by atoms with Crippen molar-refractivity contribution in [3.05, 3.63) is 90.0 Å². The fraction of sp³-hybridized carbons (Fsp3) is 0.185. The molecule has 5 nitrogen and oxygen atoms in total. The van der Waals surface area contributed by atoms with Gasteiger partial charge < -0.3 is 16.4 Å². The summed E-state index contributed by atoms with van der Waals surface area (Å²) in [6.07, 6.45) is 4.57. The van der Waals surface area contributed by atoms with Crippen LogP contribution in [0.15, 0.2) is 78.9 Å². The lowest BCUT2D eigenvalue weighted by Crippen LogP contribution is -2.22. The third-order valence-electron chi connectivity index (χ3n) is 5.61. The summed E-state index contributed by atoms with van der Waals surface area (Å²) in [5, 5.41) is 5.81. The number of carbonyl (C=O) groups is 2. The molecule has 2 amide bonds. The van der Waals surface area contributed by atoms with Gasteiger partial charge in [-0.15, -0.1) is 0 Å². The number of amides is 2. The van der Waals surface area contributed by atoms with Gasteiger partial charge >= 0.3 is 0 Å². The molecule has 0 unspecified atom stereocenters. The summed E-state index contributed by atoms with van der Waals surface area (Å²) >= 11 is 0. The fourth-order valence-electron chi connectivity index (χ4n) is 4.01. The number of para-hydroxylation sites is 2. The van der Waals surface area contributed by atoms with Gasteiger partial charge in [-0.05, 0) is 52.8 Å². The molecule has 3 aromatic rings. The molecule has 0 heterocycles. The molecule has 0 spiro atoms. The maximum Gasteiger partial charge on any atom is 0.244 e. The molecule has 0 radical (unpaired) electrons. The molecule has 0 aromatic heterocycles. The van der Waals surface area contributed by atoms with Crippen molar-refractivity contribution in [1.29, 1.82) is 0 Å². The van der Waals surface area contributed by atoms with E-state index in [1.165, 1.54) is 0 Å². The first kappa shape index (κ1) is 21.4. The van der Waals surface area contributed by atoms with E-state index in [0.717, 1.165) is 47.1 Å².